The number of fused-ring (bicyclic) bond motifs is 1. The van der Waals surface area contributed by atoms with Gasteiger partial charge in [-0.05, 0) is 54.1 Å². The number of allylic oxidation sites excluding steroid dienone is 1. The second-order valence-electron chi connectivity index (χ2n) is 8.44. The van der Waals surface area contributed by atoms with Gasteiger partial charge in [-0.15, -0.1) is 11.3 Å². The molecule has 1 aromatic heterocycles. The molecule has 0 bridgehead atoms. The minimum absolute atomic E-state index is 0.178. The average Bonchev–Trinajstić information content (AvgIpc) is 3.32. The number of nitrogens with one attached hydrogen (secondary N) is 2. The van der Waals surface area contributed by atoms with Crippen LogP contribution in [0.1, 0.15) is 48.6 Å². The molecule has 2 N–H and O–H groups in total. The molecule has 0 fully saturated rings. The van der Waals surface area contributed by atoms with Crippen LogP contribution in [0.25, 0.3) is 0 Å². The number of methoxy groups -OCH3 is 1. The van der Waals surface area contributed by atoms with Gasteiger partial charge in [-0.3, -0.25) is 4.79 Å². The van der Waals surface area contributed by atoms with Gasteiger partial charge in [0.2, 0.25) is 0 Å². The van der Waals surface area contributed by atoms with Gasteiger partial charge in [0.05, 0.1) is 31.1 Å². The maximum atomic E-state index is 13.6. The zero-order valence-electron chi connectivity index (χ0n) is 18.9. The van der Waals surface area contributed by atoms with Crippen LogP contribution in [0.5, 0.6) is 11.5 Å². The second kappa shape index (κ2) is 9.32. The highest BCUT2D eigenvalue weighted by Crippen LogP contribution is 2.45. The van der Waals surface area contributed by atoms with Gasteiger partial charge in [0, 0.05) is 28.5 Å². The van der Waals surface area contributed by atoms with Crippen molar-refractivity contribution in [3.63, 3.8) is 0 Å². The lowest BCUT2D eigenvalue weighted by molar-refractivity contribution is -0.116. The predicted molar refractivity (Wildman–Crippen MR) is 134 cm³/mol. The van der Waals surface area contributed by atoms with Gasteiger partial charge in [-0.1, -0.05) is 31.2 Å². The van der Waals surface area contributed by atoms with Crippen molar-refractivity contribution in [2.75, 3.05) is 24.4 Å². The van der Waals surface area contributed by atoms with Crippen molar-refractivity contribution in [1.82, 2.24) is 0 Å². The van der Waals surface area contributed by atoms with Gasteiger partial charge in [-0.25, -0.2) is 0 Å². The summed E-state index contributed by atoms with van der Waals surface area (Å²) >= 11 is 1.72. The van der Waals surface area contributed by atoms with Crippen LogP contribution in [0.3, 0.4) is 0 Å². The lowest BCUT2D eigenvalue weighted by Gasteiger charge is -2.29. The van der Waals surface area contributed by atoms with Crippen LogP contribution in [0.2, 0.25) is 0 Å². The Morgan fingerprint density at radius 2 is 1.88 bits per heavy atom. The van der Waals surface area contributed by atoms with E-state index in [1.807, 2.05) is 36.4 Å². The first-order chi connectivity index (χ1) is 16.2. The summed E-state index contributed by atoms with van der Waals surface area (Å²) in [6, 6.07) is 18.0. The minimum atomic E-state index is -0.276. The Bertz CT molecular complexity index is 1190. The number of anilines is 2. The standard InChI is InChI=1S/C27H28N2O3S/c1-3-12-32-23-11-10-17(16-24(23)31-2)27-26-21(28-19-7-4-5-8-20(19)29-27)14-18(15-22(26)30)25-9-6-13-33-25/h4-11,13,16,18,27-29H,3,12,14-15H2,1-2H3. The fourth-order valence-electron chi connectivity index (χ4n) is 4.66. The first kappa shape index (κ1) is 21.6. The van der Waals surface area contributed by atoms with E-state index in [-0.39, 0.29) is 17.7 Å². The third-order valence-corrected chi connectivity index (χ3v) is 7.27. The smallest absolute Gasteiger partial charge is 0.163 e. The van der Waals surface area contributed by atoms with Gasteiger partial charge in [0.25, 0.3) is 0 Å². The molecule has 1 aliphatic heterocycles. The maximum Gasteiger partial charge on any atom is 0.163 e. The van der Waals surface area contributed by atoms with E-state index in [0.29, 0.717) is 18.8 Å². The van der Waals surface area contributed by atoms with Gasteiger partial charge in [0.1, 0.15) is 0 Å². The average molecular weight is 461 g/mol. The molecule has 2 aromatic carbocycles. The molecular formula is C27H28N2O3S. The molecule has 2 aliphatic rings. The molecule has 1 aliphatic carbocycles. The molecule has 0 amide bonds. The molecule has 170 valence electrons. The van der Waals surface area contributed by atoms with Gasteiger partial charge in [-0.2, -0.15) is 0 Å². The SMILES string of the molecule is CCCOc1ccc(C2Nc3ccccc3NC3=C2C(=O)CC(c2cccs2)C3)cc1OC. The van der Waals surface area contributed by atoms with Crippen LogP contribution in [0.15, 0.2) is 71.2 Å². The Kier molecular flexibility index (Phi) is 6.09. The Balaban J connectivity index is 1.58. The molecule has 5 nitrogen and oxygen atoms in total. The number of benzene rings is 2. The second-order valence-corrected chi connectivity index (χ2v) is 9.42. The number of carbonyl (C=O) groups is 1. The van der Waals surface area contributed by atoms with Crippen molar-refractivity contribution in [3.8, 4) is 11.5 Å². The summed E-state index contributed by atoms with van der Waals surface area (Å²) in [6.07, 6.45) is 2.25. The van der Waals surface area contributed by atoms with Crippen LogP contribution in [0.4, 0.5) is 11.4 Å². The van der Waals surface area contributed by atoms with Crippen molar-refractivity contribution in [2.24, 2.45) is 0 Å². The number of carbonyl (C=O) groups excluding carboxylic acids is 1. The Labute approximate surface area is 198 Å². The molecule has 0 saturated carbocycles. The van der Waals surface area contributed by atoms with E-state index in [1.165, 1.54) is 4.88 Å². The van der Waals surface area contributed by atoms with Crippen LogP contribution in [-0.4, -0.2) is 19.5 Å². The summed E-state index contributed by atoms with van der Waals surface area (Å²) in [5, 5.41) is 9.31. The molecule has 5 rings (SSSR count). The number of hydrogen-bond donors (Lipinski definition) is 2. The largest absolute Gasteiger partial charge is 0.493 e. The van der Waals surface area contributed by atoms with E-state index in [4.69, 9.17) is 9.47 Å². The van der Waals surface area contributed by atoms with Crippen LogP contribution in [0, 0.1) is 0 Å². The summed E-state index contributed by atoms with van der Waals surface area (Å²) in [5.74, 6) is 1.78. The minimum Gasteiger partial charge on any atom is -0.493 e. The Morgan fingerprint density at radius 1 is 1.03 bits per heavy atom. The molecule has 2 unspecified atom stereocenters. The quantitative estimate of drug-likeness (QED) is 0.438. The summed E-state index contributed by atoms with van der Waals surface area (Å²) in [4.78, 5) is 14.9. The van der Waals surface area contributed by atoms with Crippen LogP contribution < -0.4 is 20.1 Å². The first-order valence-corrected chi connectivity index (χ1v) is 12.3. The zero-order chi connectivity index (χ0) is 22.8. The Morgan fingerprint density at radius 3 is 2.64 bits per heavy atom. The summed E-state index contributed by atoms with van der Waals surface area (Å²) in [6.45, 7) is 2.71. The normalized spacial score (nSPS) is 19.6. The Hall–Kier alpha value is -3.25. The number of hydrogen-bond acceptors (Lipinski definition) is 6. The molecule has 0 spiro atoms. The molecule has 2 heterocycles. The fraction of sp³-hybridized carbons (Fsp3) is 0.296. The number of ketones is 1. The number of thiophene rings is 1. The number of ether oxygens (including phenoxy) is 2. The van der Waals surface area contributed by atoms with E-state index in [0.717, 1.165) is 46.8 Å². The van der Waals surface area contributed by atoms with Crippen LogP contribution >= 0.6 is 11.3 Å². The lowest BCUT2D eigenvalue weighted by Crippen LogP contribution is -2.26. The van der Waals surface area contributed by atoms with E-state index in [9.17, 15) is 4.79 Å². The monoisotopic (exact) mass is 460 g/mol. The highest BCUT2D eigenvalue weighted by atomic mass is 32.1. The van der Waals surface area contributed by atoms with E-state index in [1.54, 1.807) is 18.4 Å². The fourth-order valence-corrected chi connectivity index (χ4v) is 5.49. The predicted octanol–water partition coefficient (Wildman–Crippen LogP) is 6.53. The van der Waals surface area contributed by atoms with E-state index < -0.39 is 0 Å². The van der Waals surface area contributed by atoms with Crippen molar-refractivity contribution in [1.29, 1.82) is 0 Å². The first-order valence-electron chi connectivity index (χ1n) is 11.4. The third-order valence-electron chi connectivity index (χ3n) is 6.24. The van der Waals surface area contributed by atoms with Crippen molar-refractivity contribution in [2.45, 2.75) is 38.1 Å². The summed E-state index contributed by atoms with van der Waals surface area (Å²) in [7, 11) is 1.65. The molecule has 0 radical (unpaired) electrons. The molecule has 0 saturated heterocycles. The summed E-state index contributed by atoms with van der Waals surface area (Å²) in [5.41, 5.74) is 4.75. The van der Waals surface area contributed by atoms with Gasteiger partial charge in [0.15, 0.2) is 17.3 Å². The van der Waals surface area contributed by atoms with Gasteiger partial charge >= 0.3 is 0 Å². The van der Waals surface area contributed by atoms with Crippen molar-refractivity contribution < 1.29 is 14.3 Å². The molecule has 3 aromatic rings. The van der Waals surface area contributed by atoms with Gasteiger partial charge < -0.3 is 20.1 Å². The van der Waals surface area contributed by atoms with E-state index >= 15 is 0 Å². The highest BCUT2D eigenvalue weighted by molar-refractivity contribution is 7.10. The molecule has 2 atom stereocenters. The van der Waals surface area contributed by atoms with Crippen molar-refractivity contribution in [3.05, 3.63) is 81.7 Å². The summed E-state index contributed by atoms with van der Waals surface area (Å²) < 4.78 is 11.5. The number of Topliss-reactive ketones (excluding diaryl/α,β-unsaturated/α-hetero) is 1. The molecule has 33 heavy (non-hydrogen) atoms. The molecular weight excluding hydrogens is 432 g/mol. The highest BCUT2D eigenvalue weighted by Gasteiger charge is 2.36. The van der Waals surface area contributed by atoms with Crippen molar-refractivity contribution >= 4 is 28.5 Å². The van der Waals surface area contributed by atoms with Crippen LogP contribution in [-0.2, 0) is 4.79 Å². The molecule has 6 heteroatoms. The third kappa shape index (κ3) is 4.23. The zero-order valence-corrected chi connectivity index (χ0v) is 19.7. The topological polar surface area (TPSA) is 59.6 Å². The maximum absolute atomic E-state index is 13.6. The number of para-hydroxylation sites is 2. The van der Waals surface area contributed by atoms with E-state index in [2.05, 4.69) is 41.1 Å². The lowest BCUT2D eigenvalue weighted by atomic mass is 9.80. The number of rotatable bonds is 6.